The monoisotopic (exact) mass is 386 g/mol. The Kier molecular flexibility index (Phi) is 3.40. The van der Waals surface area contributed by atoms with Gasteiger partial charge in [-0.2, -0.15) is 0 Å². The molecule has 0 fully saturated rings. The van der Waals surface area contributed by atoms with Gasteiger partial charge in [-0.1, -0.05) is 94.4 Å². The Morgan fingerprint density at radius 3 is 2.07 bits per heavy atom. The third-order valence-electron chi connectivity index (χ3n) is 7.46. The maximum Gasteiger partial charge on any atom is 0.0284 e. The lowest BCUT2D eigenvalue weighted by molar-refractivity contribution is 0.659. The van der Waals surface area contributed by atoms with Gasteiger partial charge in [0, 0.05) is 22.8 Å². The molecule has 0 atom stereocenters. The van der Waals surface area contributed by atoms with Crippen LogP contribution in [0.15, 0.2) is 89.7 Å². The maximum absolute atomic E-state index is 3.76. The van der Waals surface area contributed by atoms with Gasteiger partial charge in [0.15, 0.2) is 0 Å². The van der Waals surface area contributed by atoms with E-state index in [1.807, 2.05) is 0 Å². The van der Waals surface area contributed by atoms with Crippen LogP contribution in [0.2, 0.25) is 0 Å². The normalized spacial score (nSPS) is 18.7. The third-order valence-corrected chi connectivity index (χ3v) is 7.46. The van der Waals surface area contributed by atoms with Crippen molar-refractivity contribution in [3.8, 4) is 11.1 Å². The summed E-state index contributed by atoms with van der Waals surface area (Å²) >= 11 is 0. The summed E-state index contributed by atoms with van der Waals surface area (Å²) in [5, 5.41) is 0. The van der Waals surface area contributed by atoms with E-state index in [1.165, 1.54) is 55.7 Å². The molecule has 0 aromatic heterocycles. The van der Waals surface area contributed by atoms with Gasteiger partial charge < -0.3 is 0 Å². The van der Waals surface area contributed by atoms with Crippen molar-refractivity contribution < 1.29 is 0 Å². The molecule has 0 aliphatic heterocycles. The fraction of sp³-hybridized carbons (Fsp3) is 0.233. The zero-order valence-electron chi connectivity index (χ0n) is 18.1. The molecule has 0 heteroatoms. The molecular formula is C30H26. The quantitative estimate of drug-likeness (QED) is 0.403. The van der Waals surface area contributed by atoms with Crippen LogP contribution in [0.3, 0.4) is 0 Å². The lowest BCUT2D eigenvalue weighted by Gasteiger charge is -2.22. The Morgan fingerprint density at radius 2 is 1.30 bits per heavy atom. The molecule has 3 aliphatic carbocycles. The fourth-order valence-corrected chi connectivity index (χ4v) is 5.78. The molecule has 146 valence electrons. The minimum absolute atomic E-state index is 0.0559. The molecule has 0 radical (unpaired) electrons. The summed E-state index contributed by atoms with van der Waals surface area (Å²) in [7, 11) is 0. The van der Waals surface area contributed by atoms with Crippen LogP contribution in [0.5, 0.6) is 0 Å². The highest BCUT2D eigenvalue weighted by atomic mass is 14.4. The number of benzene rings is 3. The smallest absolute Gasteiger partial charge is 0.0284 e. The van der Waals surface area contributed by atoms with E-state index < -0.39 is 0 Å². The highest BCUT2D eigenvalue weighted by Crippen LogP contribution is 2.52. The summed E-state index contributed by atoms with van der Waals surface area (Å²) in [5.74, 6) is 0. The van der Waals surface area contributed by atoms with Crippen LogP contribution in [0, 0.1) is 0 Å². The van der Waals surface area contributed by atoms with Crippen LogP contribution in [-0.4, -0.2) is 0 Å². The van der Waals surface area contributed by atoms with E-state index >= 15 is 0 Å². The molecule has 3 aromatic rings. The van der Waals surface area contributed by atoms with Crippen LogP contribution in [0.25, 0.3) is 16.7 Å². The summed E-state index contributed by atoms with van der Waals surface area (Å²) in [5.41, 5.74) is 17.7. The second-order valence-electron chi connectivity index (χ2n) is 9.98. The van der Waals surface area contributed by atoms with E-state index in [-0.39, 0.29) is 10.8 Å². The Bertz CT molecular complexity index is 1330. The number of hydrogen-bond acceptors (Lipinski definition) is 0. The SMILES string of the molecule is CC1(C)C2=CC(Cc3ccc4c(c3)C(C)(C)c3ccccc3-4)=C=C2c2ccccc21. The molecule has 0 spiro atoms. The molecule has 0 unspecified atom stereocenters. The number of fused-ring (bicyclic) bond motifs is 6. The predicted molar refractivity (Wildman–Crippen MR) is 126 cm³/mol. The molecule has 3 aromatic carbocycles. The van der Waals surface area contributed by atoms with Gasteiger partial charge in [-0.25, -0.2) is 0 Å². The fourth-order valence-electron chi connectivity index (χ4n) is 5.78. The molecule has 0 saturated heterocycles. The van der Waals surface area contributed by atoms with Gasteiger partial charge in [0.2, 0.25) is 0 Å². The second kappa shape index (κ2) is 5.75. The first-order chi connectivity index (χ1) is 14.4. The molecule has 6 rings (SSSR count). The Morgan fingerprint density at radius 1 is 0.667 bits per heavy atom. The molecule has 0 N–H and O–H groups in total. The summed E-state index contributed by atoms with van der Waals surface area (Å²) in [6.45, 7) is 9.38. The van der Waals surface area contributed by atoms with Gasteiger partial charge >= 0.3 is 0 Å². The lowest BCUT2D eigenvalue weighted by atomic mass is 9.81. The Labute approximate surface area is 179 Å². The number of hydrogen-bond donors (Lipinski definition) is 0. The zero-order valence-corrected chi connectivity index (χ0v) is 18.1. The highest BCUT2D eigenvalue weighted by Gasteiger charge is 2.40. The Balaban J connectivity index is 1.41. The van der Waals surface area contributed by atoms with Gasteiger partial charge in [0.05, 0.1) is 0 Å². The van der Waals surface area contributed by atoms with Crippen LogP contribution in [-0.2, 0) is 17.3 Å². The first-order valence-corrected chi connectivity index (χ1v) is 10.9. The second-order valence-corrected chi connectivity index (χ2v) is 9.98. The minimum atomic E-state index is 0.0559. The van der Waals surface area contributed by atoms with Crippen LogP contribution >= 0.6 is 0 Å². The summed E-state index contributed by atoms with van der Waals surface area (Å²) in [6.07, 6.45) is 3.33. The van der Waals surface area contributed by atoms with Crippen molar-refractivity contribution in [1.29, 1.82) is 0 Å². The first kappa shape index (κ1) is 17.8. The van der Waals surface area contributed by atoms with E-state index in [2.05, 4.69) is 106 Å². The standard InChI is InChI=1S/C30H26/c1-29(2)25-11-7-5-9-21(25)23-14-13-19(17-27(23)29)15-20-16-24-22-10-6-8-12-26(22)30(3,4)28(24)18-20/h5-14,17-18H,15H2,1-4H3. The van der Waals surface area contributed by atoms with Gasteiger partial charge in [-0.3, -0.25) is 0 Å². The van der Waals surface area contributed by atoms with Crippen molar-refractivity contribution in [3.05, 3.63) is 118 Å². The minimum Gasteiger partial charge on any atom is -0.108 e. The molecule has 0 bridgehead atoms. The van der Waals surface area contributed by atoms with Gasteiger partial charge in [0.1, 0.15) is 0 Å². The van der Waals surface area contributed by atoms with Crippen LogP contribution in [0.4, 0.5) is 0 Å². The van der Waals surface area contributed by atoms with E-state index in [4.69, 9.17) is 0 Å². The summed E-state index contributed by atoms with van der Waals surface area (Å²) in [4.78, 5) is 0. The van der Waals surface area contributed by atoms with Crippen molar-refractivity contribution in [2.75, 3.05) is 0 Å². The Hall–Kier alpha value is -3.08. The maximum atomic E-state index is 3.76. The van der Waals surface area contributed by atoms with Gasteiger partial charge in [-0.15, -0.1) is 5.73 Å². The first-order valence-electron chi connectivity index (χ1n) is 10.9. The average molecular weight is 387 g/mol. The molecule has 30 heavy (non-hydrogen) atoms. The van der Waals surface area contributed by atoms with Crippen LogP contribution in [0.1, 0.15) is 55.5 Å². The predicted octanol–water partition coefficient (Wildman–Crippen LogP) is 7.38. The molecule has 0 nitrogen and oxygen atoms in total. The van der Waals surface area contributed by atoms with Gasteiger partial charge in [-0.05, 0) is 56.2 Å². The molecule has 3 aliphatic rings. The molecule has 0 amide bonds. The summed E-state index contributed by atoms with van der Waals surface area (Å²) in [6, 6.07) is 24.7. The molecular weight excluding hydrogens is 360 g/mol. The van der Waals surface area contributed by atoms with E-state index in [9.17, 15) is 0 Å². The zero-order chi connectivity index (χ0) is 20.7. The third kappa shape index (κ3) is 2.23. The van der Waals surface area contributed by atoms with E-state index in [1.54, 1.807) is 0 Å². The van der Waals surface area contributed by atoms with Crippen molar-refractivity contribution in [3.63, 3.8) is 0 Å². The summed E-state index contributed by atoms with van der Waals surface area (Å²) < 4.78 is 0. The lowest BCUT2D eigenvalue weighted by Crippen LogP contribution is -2.15. The highest BCUT2D eigenvalue weighted by molar-refractivity contribution is 5.92. The molecule has 0 saturated carbocycles. The number of allylic oxidation sites excluding steroid dienone is 3. The molecule has 0 heterocycles. The number of rotatable bonds is 2. The van der Waals surface area contributed by atoms with E-state index in [0.717, 1.165) is 6.42 Å². The van der Waals surface area contributed by atoms with Crippen molar-refractivity contribution in [2.45, 2.75) is 44.9 Å². The van der Waals surface area contributed by atoms with Crippen molar-refractivity contribution in [2.24, 2.45) is 0 Å². The van der Waals surface area contributed by atoms with Crippen LogP contribution < -0.4 is 0 Å². The van der Waals surface area contributed by atoms with Crippen molar-refractivity contribution >= 4 is 5.57 Å². The topological polar surface area (TPSA) is 0 Å². The van der Waals surface area contributed by atoms with Crippen molar-refractivity contribution in [1.82, 2.24) is 0 Å². The van der Waals surface area contributed by atoms with Gasteiger partial charge in [0.25, 0.3) is 0 Å². The average Bonchev–Trinajstić information content (AvgIpc) is 3.32. The van der Waals surface area contributed by atoms with E-state index in [0.29, 0.717) is 0 Å². The largest absolute Gasteiger partial charge is 0.108 e.